The summed E-state index contributed by atoms with van der Waals surface area (Å²) in [5.41, 5.74) is 2.07. The lowest BCUT2D eigenvalue weighted by Gasteiger charge is -2.18. The van der Waals surface area contributed by atoms with Crippen molar-refractivity contribution >= 4 is 5.71 Å². The third-order valence-electron chi connectivity index (χ3n) is 3.47. The Kier molecular flexibility index (Phi) is 2.52. The van der Waals surface area contributed by atoms with E-state index in [1.165, 1.54) is 0 Å². The van der Waals surface area contributed by atoms with Crippen molar-refractivity contribution < 1.29 is 9.57 Å². The lowest BCUT2D eigenvalue weighted by atomic mass is 9.93. The standard InChI is InChI=1S/C13H16N2O2/c1-16-11-4-2-10(3-5-11)12-8-13(17-15-12)6-7-14-9-13/h2-5,14H,6-9H2,1H3. The third-order valence-corrected chi connectivity index (χ3v) is 3.47. The molecular weight excluding hydrogens is 216 g/mol. The van der Waals surface area contributed by atoms with Crippen LogP contribution in [0.2, 0.25) is 0 Å². The lowest BCUT2D eigenvalue weighted by Crippen LogP contribution is -2.31. The number of oxime groups is 1. The van der Waals surface area contributed by atoms with Gasteiger partial charge in [-0.3, -0.25) is 0 Å². The molecule has 2 aliphatic rings. The highest BCUT2D eigenvalue weighted by molar-refractivity contribution is 6.01. The number of benzene rings is 1. The highest BCUT2D eigenvalue weighted by Crippen LogP contribution is 2.32. The zero-order valence-electron chi connectivity index (χ0n) is 9.90. The van der Waals surface area contributed by atoms with Gasteiger partial charge in [0, 0.05) is 19.4 Å². The molecule has 1 atom stereocenters. The molecular formula is C13H16N2O2. The normalized spacial score (nSPS) is 27.0. The van der Waals surface area contributed by atoms with Gasteiger partial charge in [-0.25, -0.2) is 0 Å². The van der Waals surface area contributed by atoms with E-state index in [2.05, 4.69) is 10.5 Å². The molecule has 0 aliphatic carbocycles. The van der Waals surface area contributed by atoms with Crippen LogP contribution < -0.4 is 10.1 Å². The Morgan fingerprint density at radius 1 is 1.35 bits per heavy atom. The number of hydrogen-bond donors (Lipinski definition) is 1. The molecule has 2 aliphatic heterocycles. The summed E-state index contributed by atoms with van der Waals surface area (Å²) in [6.45, 7) is 1.92. The first-order chi connectivity index (χ1) is 8.31. The quantitative estimate of drug-likeness (QED) is 0.841. The van der Waals surface area contributed by atoms with Gasteiger partial charge in [0.25, 0.3) is 0 Å². The molecule has 4 nitrogen and oxygen atoms in total. The molecule has 0 bridgehead atoms. The van der Waals surface area contributed by atoms with Gasteiger partial charge in [-0.1, -0.05) is 5.16 Å². The molecule has 1 saturated heterocycles. The molecule has 4 heteroatoms. The first-order valence-electron chi connectivity index (χ1n) is 5.92. The summed E-state index contributed by atoms with van der Waals surface area (Å²) in [6, 6.07) is 7.97. The largest absolute Gasteiger partial charge is 0.497 e. The molecule has 2 heterocycles. The molecule has 0 radical (unpaired) electrons. The molecule has 0 saturated carbocycles. The highest BCUT2D eigenvalue weighted by Gasteiger charge is 2.41. The second kappa shape index (κ2) is 4.04. The number of nitrogens with zero attached hydrogens (tertiary/aromatic N) is 1. The summed E-state index contributed by atoms with van der Waals surface area (Å²) in [5, 5.41) is 7.56. The minimum Gasteiger partial charge on any atom is -0.497 e. The summed E-state index contributed by atoms with van der Waals surface area (Å²) in [6.07, 6.45) is 1.93. The van der Waals surface area contributed by atoms with E-state index in [0.29, 0.717) is 0 Å². The summed E-state index contributed by atoms with van der Waals surface area (Å²) in [5.74, 6) is 0.866. The fraction of sp³-hybridized carbons (Fsp3) is 0.462. The summed E-state index contributed by atoms with van der Waals surface area (Å²) in [7, 11) is 1.67. The maximum absolute atomic E-state index is 5.62. The van der Waals surface area contributed by atoms with Crippen molar-refractivity contribution in [3.63, 3.8) is 0 Å². The number of nitrogens with one attached hydrogen (secondary N) is 1. The highest BCUT2D eigenvalue weighted by atomic mass is 16.7. The van der Waals surface area contributed by atoms with Crippen molar-refractivity contribution in [2.45, 2.75) is 18.4 Å². The van der Waals surface area contributed by atoms with Gasteiger partial charge >= 0.3 is 0 Å². The molecule has 1 unspecified atom stereocenters. The molecule has 17 heavy (non-hydrogen) atoms. The van der Waals surface area contributed by atoms with Crippen molar-refractivity contribution in [2.24, 2.45) is 5.16 Å². The van der Waals surface area contributed by atoms with Crippen LogP contribution in [0.4, 0.5) is 0 Å². The van der Waals surface area contributed by atoms with Gasteiger partial charge in [0.2, 0.25) is 0 Å². The van der Waals surface area contributed by atoms with Crippen LogP contribution in [-0.2, 0) is 4.84 Å². The van der Waals surface area contributed by atoms with Crippen molar-refractivity contribution in [1.29, 1.82) is 0 Å². The minimum atomic E-state index is -0.0880. The van der Waals surface area contributed by atoms with Crippen LogP contribution in [0.15, 0.2) is 29.4 Å². The number of hydrogen-bond acceptors (Lipinski definition) is 4. The Morgan fingerprint density at radius 3 is 2.82 bits per heavy atom. The molecule has 1 fully saturated rings. The fourth-order valence-electron chi connectivity index (χ4n) is 2.41. The van der Waals surface area contributed by atoms with Crippen molar-refractivity contribution in [1.82, 2.24) is 5.32 Å². The minimum absolute atomic E-state index is 0.0880. The van der Waals surface area contributed by atoms with E-state index >= 15 is 0 Å². The second-order valence-corrected chi connectivity index (χ2v) is 4.64. The van der Waals surface area contributed by atoms with Gasteiger partial charge in [0.15, 0.2) is 5.60 Å². The van der Waals surface area contributed by atoms with Crippen LogP contribution in [0.5, 0.6) is 5.75 Å². The van der Waals surface area contributed by atoms with E-state index in [-0.39, 0.29) is 5.60 Å². The summed E-state index contributed by atoms with van der Waals surface area (Å²) >= 11 is 0. The number of methoxy groups -OCH3 is 1. The van der Waals surface area contributed by atoms with Crippen molar-refractivity contribution in [3.8, 4) is 5.75 Å². The maximum atomic E-state index is 5.62. The monoisotopic (exact) mass is 232 g/mol. The van der Waals surface area contributed by atoms with Crippen LogP contribution in [0, 0.1) is 0 Å². The predicted octanol–water partition coefficient (Wildman–Crippen LogP) is 1.55. The predicted molar refractivity (Wildman–Crippen MR) is 65.5 cm³/mol. The van der Waals surface area contributed by atoms with E-state index in [1.54, 1.807) is 7.11 Å². The van der Waals surface area contributed by atoms with Gasteiger partial charge in [0.05, 0.1) is 12.8 Å². The van der Waals surface area contributed by atoms with Gasteiger partial charge in [0.1, 0.15) is 5.75 Å². The smallest absolute Gasteiger partial charge is 0.156 e. The topological polar surface area (TPSA) is 42.9 Å². The Labute approximate surface area is 101 Å². The average molecular weight is 232 g/mol. The molecule has 1 aromatic carbocycles. The third kappa shape index (κ3) is 1.89. The average Bonchev–Trinajstić information content (AvgIpc) is 3.01. The maximum Gasteiger partial charge on any atom is 0.156 e. The first-order valence-corrected chi connectivity index (χ1v) is 5.92. The molecule has 1 N–H and O–H groups in total. The van der Waals surface area contributed by atoms with Crippen LogP contribution >= 0.6 is 0 Å². The van der Waals surface area contributed by atoms with E-state index in [4.69, 9.17) is 9.57 Å². The Balaban J connectivity index is 1.77. The number of ether oxygens (including phenoxy) is 1. The molecule has 1 spiro atoms. The Morgan fingerprint density at radius 2 is 2.18 bits per heavy atom. The SMILES string of the molecule is COc1ccc(C2=NOC3(CCNC3)C2)cc1. The van der Waals surface area contributed by atoms with E-state index < -0.39 is 0 Å². The van der Waals surface area contributed by atoms with Crippen LogP contribution in [0.3, 0.4) is 0 Å². The Hall–Kier alpha value is -1.55. The van der Waals surface area contributed by atoms with Gasteiger partial charge in [-0.15, -0.1) is 0 Å². The van der Waals surface area contributed by atoms with Crippen LogP contribution in [0.1, 0.15) is 18.4 Å². The van der Waals surface area contributed by atoms with Crippen molar-refractivity contribution in [3.05, 3.63) is 29.8 Å². The molecule has 1 aromatic rings. The lowest BCUT2D eigenvalue weighted by molar-refractivity contribution is -0.00190. The molecule has 90 valence electrons. The number of rotatable bonds is 2. The zero-order valence-corrected chi connectivity index (χ0v) is 9.90. The molecule has 3 rings (SSSR count). The fourth-order valence-corrected chi connectivity index (χ4v) is 2.41. The van der Waals surface area contributed by atoms with Crippen molar-refractivity contribution in [2.75, 3.05) is 20.2 Å². The van der Waals surface area contributed by atoms with E-state index in [0.717, 1.165) is 43.0 Å². The second-order valence-electron chi connectivity index (χ2n) is 4.64. The van der Waals surface area contributed by atoms with Gasteiger partial charge in [-0.05, 0) is 36.4 Å². The summed E-state index contributed by atoms with van der Waals surface area (Å²) < 4.78 is 5.14. The molecule has 0 aromatic heterocycles. The van der Waals surface area contributed by atoms with E-state index in [9.17, 15) is 0 Å². The van der Waals surface area contributed by atoms with Crippen LogP contribution in [0.25, 0.3) is 0 Å². The summed E-state index contributed by atoms with van der Waals surface area (Å²) in [4.78, 5) is 5.62. The zero-order chi connectivity index (χ0) is 11.7. The van der Waals surface area contributed by atoms with Gasteiger partial charge < -0.3 is 14.9 Å². The Bertz CT molecular complexity index is 433. The van der Waals surface area contributed by atoms with Crippen LogP contribution in [-0.4, -0.2) is 31.5 Å². The van der Waals surface area contributed by atoms with E-state index in [1.807, 2.05) is 24.3 Å². The molecule has 0 amide bonds. The van der Waals surface area contributed by atoms with Gasteiger partial charge in [-0.2, -0.15) is 0 Å². The first kappa shape index (κ1) is 10.6.